The zero-order valence-electron chi connectivity index (χ0n) is 14.7. The second-order valence-electron chi connectivity index (χ2n) is 5.98. The number of amides is 1. The summed E-state index contributed by atoms with van der Waals surface area (Å²) in [5.41, 5.74) is 1.18. The van der Waals surface area contributed by atoms with Crippen molar-refractivity contribution in [3.8, 4) is 0 Å². The van der Waals surface area contributed by atoms with Gasteiger partial charge in [-0.05, 0) is 42.1 Å². The molecule has 0 heterocycles. The normalized spacial score (nSPS) is 12.1. The van der Waals surface area contributed by atoms with E-state index in [2.05, 4.69) is 5.32 Å². The van der Waals surface area contributed by atoms with Crippen LogP contribution in [-0.2, 0) is 14.3 Å². The first kappa shape index (κ1) is 18.3. The van der Waals surface area contributed by atoms with Crippen molar-refractivity contribution in [1.82, 2.24) is 0 Å². The van der Waals surface area contributed by atoms with E-state index in [0.717, 1.165) is 16.8 Å². The molecule has 0 unspecified atom stereocenters. The average molecular weight is 363 g/mol. The molecule has 3 aromatic rings. The van der Waals surface area contributed by atoms with E-state index in [1.54, 1.807) is 18.2 Å². The van der Waals surface area contributed by atoms with Crippen LogP contribution in [0.15, 0.2) is 72.8 Å². The SMILES string of the molecule is C[C@@H](OC(=O)/C=C/c1cccc(F)c1)C(=O)Nc1cccc2ccccc12. The Morgan fingerprint density at radius 3 is 2.59 bits per heavy atom. The standard InChI is InChI=1S/C22H18FNO3/c1-15(27-21(25)13-12-16-6-4-9-18(23)14-16)22(26)24-20-11-5-8-17-7-2-3-10-19(17)20/h2-15H,1H3,(H,24,26)/b13-12+/t15-/m1/s1. The van der Waals surface area contributed by atoms with E-state index < -0.39 is 23.8 Å². The maximum Gasteiger partial charge on any atom is 0.331 e. The number of nitrogens with one attached hydrogen (secondary N) is 1. The van der Waals surface area contributed by atoms with Gasteiger partial charge in [-0.2, -0.15) is 0 Å². The van der Waals surface area contributed by atoms with Gasteiger partial charge in [0.2, 0.25) is 0 Å². The number of hydrogen-bond donors (Lipinski definition) is 1. The Balaban J connectivity index is 1.62. The van der Waals surface area contributed by atoms with Gasteiger partial charge in [-0.3, -0.25) is 4.79 Å². The fraction of sp³-hybridized carbons (Fsp3) is 0.0909. The predicted molar refractivity (Wildman–Crippen MR) is 104 cm³/mol. The van der Waals surface area contributed by atoms with Crippen LogP contribution in [0, 0.1) is 5.82 Å². The Morgan fingerprint density at radius 1 is 1.04 bits per heavy atom. The zero-order chi connectivity index (χ0) is 19.2. The highest BCUT2D eigenvalue weighted by molar-refractivity contribution is 6.04. The maximum atomic E-state index is 13.1. The number of rotatable bonds is 5. The molecule has 3 rings (SSSR count). The number of esters is 1. The Labute approximate surface area is 156 Å². The summed E-state index contributed by atoms with van der Waals surface area (Å²) < 4.78 is 18.2. The molecule has 0 aromatic heterocycles. The first-order chi connectivity index (χ1) is 13.0. The molecular formula is C22H18FNO3. The third-order valence-corrected chi connectivity index (χ3v) is 3.97. The van der Waals surface area contributed by atoms with Crippen molar-refractivity contribution in [2.45, 2.75) is 13.0 Å². The summed E-state index contributed by atoms with van der Waals surface area (Å²) in [4.78, 5) is 24.2. The van der Waals surface area contributed by atoms with E-state index in [4.69, 9.17) is 4.74 Å². The van der Waals surface area contributed by atoms with Crippen molar-refractivity contribution < 1.29 is 18.7 Å². The van der Waals surface area contributed by atoms with E-state index in [1.807, 2.05) is 36.4 Å². The summed E-state index contributed by atoms with van der Waals surface area (Å²) >= 11 is 0. The van der Waals surface area contributed by atoms with Crippen LogP contribution in [0.2, 0.25) is 0 Å². The topological polar surface area (TPSA) is 55.4 Å². The molecule has 0 radical (unpaired) electrons. The summed E-state index contributed by atoms with van der Waals surface area (Å²) in [5.74, 6) is -1.51. The molecule has 1 N–H and O–H groups in total. The predicted octanol–water partition coefficient (Wildman–Crippen LogP) is 4.56. The maximum absolute atomic E-state index is 13.1. The number of carbonyl (C=O) groups excluding carboxylic acids is 2. The molecular weight excluding hydrogens is 345 g/mol. The van der Waals surface area contributed by atoms with E-state index in [0.29, 0.717) is 11.3 Å². The lowest BCUT2D eigenvalue weighted by molar-refractivity contribution is -0.148. The second kappa shape index (κ2) is 8.27. The van der Waals surface area contributed by atoms with Crippen molar-refractivity contribution in [2.75, 3.05) is 5.32 Å². The highest BCUT2D eigenvalue weighted by Crippen LogP contribution is 2.23. The Bertz CT molecular complexity index is 1010. The van der Waals surface area contributed by atoms with Crippen LogP contribution in [0.3, 0.4) is 0 Å². The van der Waals surface area contributed by atoms with Crippen molar-refractivity contribution in [1.29, 1.82) is 0 Å². The third-order valence-electron chi connectivity index (χ3n) is 3.97. The molecule has 0 aliphatic heterocycles. The first-order valence-electron chi connectivity index (χ1n) is 8.46. The van der Waals surface area contributed by atoms with E-state index in [1.165, 1.54) is 25.1 Å². The van der Waals surface area contributed by atoms with Crippen LogP contribution in [0.5, 0.6) is 0 Å². The average Bonchev–Trinajstić information content (AvgIpc) is 2.66. The highest BCUT2D eigenvalue weighted by atomic mass is 19.1. The largest absolute Gasteiger partial charge is 0.449 e. The van der Waals surface area contributed by atoms with Gasteiger partial charge in [-0.15, -0.1) is 0 Å². The van der Waals surface area contributed by atoms with Crippen LogP contribution in [0.4, 0.5) is 10.1 Å². The third kappa shape index (κ3) is 4.79. The molecule has 3 aromatic carbocycles. The molecule has 0 saturated carbocycles. The number of halogens is 1. The number of benzene rings is 3. The number of carbonyl (C=O) groups is 2. The van der Waals surface area contributed by atoms with E-state index >= 15 is 0 Å². The molecule has 5 heteroatoms. The molecule has 136 valence electrons. The minimum absolute atomic E-state index is 0.395. The second-order valence-corrected chi connectivity index (χ2v) is 5.98. The molecule has 0 aliphatic rings. The molecule has 1 atom stereocenters. The van der Waals surface area contributed by atoms with Gasteiger partial charge in [0, 0.05) is 17.1 Å². The van der Waals surface area contributed by atoms with Gasteiger partial charge in [0.25, 0.3) is 5.91 Å². The minimum Gasteiger partial charge on any atom is -0.449 e. The summed E-state index contributed by atoms with van der Waals surface area (Å²) in [5, 5.41) is 4.68. The molecule has 27 heavy (non-hydrogen) atoms. The number of fused-ring (bicyclic) bond motifs is 1. The van der Waals surface area contributed by atoms with Crippen molar-refractivity contribution >= 4 is 34.4 Å². The quantitative estimate of drug-likeness (QED) is 0.534. The number of anilines is 1. The molecule has 0 saturated heterocycles. The van der Waals surface area contributed by atoms with Crippen LogP contribution >= 0.6 is 0 Å². The lowest BCUT2D eigenvalue weighted by Gasteiger charge is -2.13. The monoisotopic (exact) mass is 363 g/mol. The molecule has 0 bridgehead atoms. The summed E-state index contributed by atoms with van der Waals surface area (Å²) in [6, 6.07) is 19.1. The van der Waals surface area contributed by atoms with Crippen molar-refractivity contribution in [3.05, 3.63) is 84.2 Å². The van der Waals surface area contributed by atoms with Crippen LogP contribution in [0.25, 0.3) is 16.8 Å². The fourth-order valence-corrected chi connectivity index (χ4v) is 2.61. The highest BCUT2D eigenvalue weighted by Gasteiger charge is 2.17. The van der Waals surface area contributed by atoms with Gasteiger partial charge in [-0.1, -0.05) is 48.5 Å². The van der Waals surface area contributed by atoms with Crippen LogP contribution in [-0.4, -0.2) is 18.0 Å². The lowest BCUT2D eigenvalue weighted by atomic mass is 10.1. The zero-order valence-corrected chi connectivity index (χ0v) is 14.7. The van der Waals surface area contributed by atoms with Gasteiger partial charge < -0.3 is 10.1 Å². The number of hydrogen-bond acceptors (Lipinski definition) is 3. The molecule has 0 fully saturated rings. The summed E-state index contributed by atoms with van der Waals surface area (Å²) in [6.45, 7) is 1.49. The van der Waals surface area contributed by atoms with E-state index in [-0.39, 0.29) is 0 Å². The molecule has 0 aliphatic carbocycles. The van der Waals surface area contributed by atoms with Gasteiger partial charge in [-0.25, -0.2) is 9.18 Å². The van der Waals surface area contributed by atoms with Crippen molar-refractivity contribution in [2.24, 2.45) is 0 Å². The Morgan fingerprint density at radius 2 is 1.78 bits per heavy atom. The smallest absolute Gasteiger partial charge is 0.331 e. The van der Waals surface area contributed by atoms with Gasteiger partial charge in [0.05, 0.1) is 0 Å². The first-order valence-corrected chi connectivity index (χ1v) is 8.46. The number of ether oxygens (including phenoxy) is 1. The van der Waals surface area contributed by atoms with E-state index in [9.17, 15) is 14.0 Å². The molecule has 1 amide bonds. The van der Waals surface area contributed by atoms with Crippen molar-refractivity contribution in [3.63, 3.8) is 0 Å². The van der Waals surface area contributed by atoms with Gasteiger partial charge in [0.1, 0.15) is 5.82 Å². The molecule has 0 spiro atoms. The summed E-state index contributed by atoms with van der Waals surface area (Å²) in [6.07, 6.45) is 1.62. The summed E-state index contributed by atoms with van der Waals surface area (Å²) in [7, 11) is 0. The Kier molecular flexibility index (Phi) is 5.61. The molecule has 4 nitrogen and oxygen atoms in total. The Hall–Kier alpha value is -3.47. The van der Waals surface area contributed by atoms with Gasteiger partial charge >= 0.3 is 5.97 Å². The van der Waals surface area contributed by atoms with Crippen LogP contribution < -0.4 is 5.32 Å². The minimum atomic E-state index is -0.978. The van der Waals surface area contributed by atoms with Gasteiger partial charge in [0.15, 0.2) is 6.10 Å². The fourth-order valence-electron chi connectivity index (χ4n) is 2.61. The lowest BCUT2D eigenvalue weighted by Crippen LogP contribution is -2.29. The van der Waals surface area contributed by atoms with Crippen LogP contribution in [0.1, 0.15) is 12.5 Å².